The zero-order valence-corrected chi connectivity index (χ0v) is 32.8. The Morgan fingerprint density at radius 3 is 0.417 bits per heavy atom. The lowest BCUT2D eigenvalue weighted by Crippen LogP contribution is -2.36. The summed E-state index contributed by atoms with van der Waals surface area (Å²) in [5, 5.41) is 21.1. The van der Waals surface area contributed by atoms with Crippen LogP contribution in [0.15, 0.2) is 194 Å². The van der Waals surface area contributed by atoms with Gasteiger partial charge in [0.05, 0.1) is 0 Å². The Bertz CT molecular complexity index is 3160. The van der Waals surface area contributed by atoms with Crippen molar-refractivity contribution in [3.8, 4) is 0 Å². The summed E-state index contributed by atoms with van der Waals surface area (Å²) in [5.41, 5.74) is 12.0. The van der Waals surface area contributed by atoms with Gasteiger partial charge in [-0.1, -0.05) is 146 Å². The van der Waals surface area contributed by atoms with E-state index in [1.54, 1.807) is 0 Å². The molecule has 0 amide bonds. The van der Waals surface area contributed by atoms with Crippen molar-refractivity contribution >= 4 is 86.2 Å². The van der Waals surface area contributed by atoms with E-state index in [1.807, 2.05) is 0 Å². The van der Waals surface area contributed by atoms with E-state index in [0.29, 0.717) is 0 Å². The zero-order valence-electron chi connectivity index (χ0n) is 32.8. The van der Waals surface area contributed by atoms with E-state index in [9.17, 15) is 0 Å². The van der Waals surface area contributed by atoms with Crippen LogP contribution in [0.5, 0.6) is 0 Å². The molecular formula is C60H36. The summed E-state index contributed by atoms with van der Waals surface area (Å²) >= 11 is 0. The van der Waals surface area contributed by atoms with E-state index in [1.165, 1.54) is 131 Å². The zero-order chi connectivity index (χ0) is 38.8. The normalized spacial score (nSPS) is 18.7. The number of benzene rings is 12. The molecule has 0 nitrogen and oxygen atoms in total. The van der Waals surface area contributed by atoms with Crippen LogP contribution in [0.25, 0.3) is 86.2 Å². The average molecular weight is 757 g/mol. The van der Waals surface area contributed by atoms with Crippen molar-refractivity contribution in [2.75, 3.05) is 0 Å². The van der Waals surface area contributed by atoms with Crippen LogP contribution in [-0.2, 0) is 0 Å². The van der Waals surface area contributed by atoms with Gasteiger partial charge in [0.2, 0.25) is 0 Å². The number of fused-ring (bicyclic) bond motifs is 8. The molecule has 4 bridgehead atoms. The molecule has 18 rings (SSSR count). The van der Waals surface area contributed by atoms with Crippen LogP contribution in [0.4, 0.5) is 0 Å². The van der Waals surface area contributed by atoms with Crippen molar-refractivity contribution in [3.05, 3.63) is 239 Å². The highest BCUT2D eigenvalue weighted by Crippen LogP contribution is 2.65. The second-order valence-electron chi connectivity index (χ2n) is 18.0. The molecule has 12 aromatic carbocycles. The van der Waals surface area contributed by atoms with Gasteiger partial charge in [-0.3, -0.25) is 0 Å². The number of hydrogen-bond acceptors (Lipinski definition) is 0. The Labute approximate surface area is 346 Å². The highest BCUT2D eigenvalue weighted by molar-refractivity contribution is 6.04. The van der Waals surface area contributed by atoms with Gasteiger partial charge in [-0.15, -0.1) is 0 Å². The Kier molecular flexibility index (Phi) is 5.94. The van der Waals surface area contributed by atoms with Crippen molar-refractivity contribution in [2.45, 2.75) is 23.7 Å². The molecule has 6 aliphatic rings. The third-order valence-electron chi connectivity index (χ3n) is 15.0. The highest BCUT2D eigenvalue weighted by Gasteiger charge is 2.50. The lowest BCUT2D eigenvalue weighted by atomic mass is 9.52. The van der Waals surface area contributed by atoms with Crippen LogP contribution in [0.1, 0.15) is 68.2 Å². The van der Waals surface area contributed by atoms with Gasteiger partial charge in [0.15, 0.2) is 0 Å². The van der Waals surface area contributed by atoms with Crippen molar-refractivity contribution in [1.82, 2.24) is 0 Å². The predicted molar refractivity (Wildman–Crippen MR) is 253 cm³/mol. The third kappa shape index (κ3) is 4.20. The molecule has 0 unspecified atom stereocenters. The number of hydrogen-bond donors (Lipinski definition) is 0. The maximum Gasteiger partial charge on any atom is 0.0205 e. The first kappa shape index (κ1) is 31.7. The molecule has 0 heteroatoms. The lowest BCUT2D eigenvalue weighted by Gasteiger charge is -2.50. The first-order chi connectivity index (χ1) is 29.7. The molecular weight excluding hydrogens is 721 g/mol. The predicted octanol–water partition coefficient (Wildman–Crippen LogP) is 15.8. The smallest absolute Gasteiger partial charge is 0.0205 e. The van der Waals surface area contributed by atoms with Gasteiger partial charge >= 0.3 is 0 Å². The van der Waals surface area contributed by atoms with Gasteiger partial charge in [0, 0.05) is 23.7 Å². The van der Waals surface area contributed by atoms with Crippen LogP contribution in [0.3, 0.4) is 0 Å². The summed E-state index contributed by atoms with van der Waals surface area (Å²) in [4.78, 5) is 0. The third-order valence-corrected chi connectivity index (χ3v) is 15.0. The van der Waals surface area contributed by atoms with Gasteiger partial charge in [-0.25, -0.2) is 0 Å². The van der Waals surface area contributed by atoms with Gasteiger partial charge in [0.1, 0.15) is 0 Å². The minimum Gasteiger partial charge on any atom is -0.0616 e. The fourth-order valence-electron chi connectivity index (χ4n) is 12.4. The molecule has 0 atom stereocenters. The molecule has 0 saturated heterocycles. The van der Waals surface area contributed by atoms with E-state index in [-0.39, 0.29) is 23.7 Å². The van der Waals surface area contributed by atoms with Crippen molar-refractivity contribution in [3.63, 3.8) is 0 Å². The second kappa shape index (κ2) is 11.3. The fourth-order valence-corrected chi connectivity index (χ4v) is 12.4. The summed E-state index contributed by atoms with van der Waals surface area (Å²) in [6.45, 7) is 0. The molecule has 0 aliphatic heterocycles. The van der Waals surface area contributed by atoms with Gasteiger partial charge in [-0.05, 0) is 179 Å². The quantitative estimate of drug-likeness (QED) is 0.135. The Hall–Kier alpha value is -7.28. The topological polar surface area (TPSA) is 0 Å². The molecule has 12 aromatic rings. The SMILES string of the molecule is c1ccc2cc3cc4c(cc3cc2c1)C1c2cc3cc5ccccc5cc3cc2C4C2c3cc4cc5ccccc5cc4cc3C1c1cc3cc4ccccc4cc3cc12. The molecule has 0 fully saturated rings. The minimum atomic E-state index is 0.132. The van der Waals surface area contributed by atoms with Crippen LogP contribution >= 0.6 is 0 Å². The van der Waals surface area contributed by atoms with Gasteiger partial charge < -0.3 is 0 Å². The lowest BCUT2D eigenvalue weighted by molar-refractivity contribution is 0.532. The number of rotatable bonds is 0. The summed E-state index contributed by atoms with van der Waals surface area (Å²) in [6.07, 6.45) is 0. The standard InChI is InChI=1S/C60H36/c1-2-10-34-18-42-26-50-49(25-41(42)17-33(34)9-1)57-51-27-43-19-35-11-3-4-12-36(35)20-44(43)28-52(51)58(50)60-55-31-47-23-39-15-7-5-13-37(39)21-45(47)29-53(55)59(57)54-30-46-22-38-14-6-8-16-40(38)24-48(46)32-56(54)60/h1-32,57-60H. The van der Waals surface area contributed by atoms with E-state index >= 15 is 0 Å². The largest absolute Gasteiger partial charge is 0.0616 e. The molecule has 0 radical (unpaired) electrons. The van der Waals surface area contributed by atoms with E-state index in [2.05, 4.69) is 194 Å². The van der Waals surface area contributed by atoms with E-state index in [0.717, 1.165) is 0 Å². The summed E-state index contributed by atoms with van der Waals surface area (Å²) in [7, 11) is 0. The minimum absolute atomic E-state index is 0.132. The van der Waals surface area contributed by atoms with Crippen molar-refractivity contribution in [1.29, 1.82) is 0 Å². The molecule has 0 aromatic heterocycles. The Morgan fingerprint density at radius 2 is 0.283 bits per heavy atom. The molecule has 0 N–H and O–H groups in total. The van der Waals surface area contributed by atoms with Crippen molar-refractivity contribution in [2.24, 2.45) is 0 Å². The average Bonchev–Trinajstić information content (AvgIpc) is 3.27. The molecule has 0 heterocycles. The van der Waals surface area contributed by atoms with Crippen LogP contribution in [0, 0.1) is 0 Å². The summed E-state index contributed by atoms with van der Waals surface area (Å²) < 4.78 is 0. The van der Waals surface area contributed by atoms with E-state index < -0.39 is 0 Å². The van der Waals surface area contributed by atoms with Gasteiger partial charge in [-0.2, -0.15) is 0 Å². The molecule has 0 saturated carbocycles. The Morgan fingerprint density at radius 1 is 0.150 bits per heavy atom. The van der Waals surface area contributed by atoms with Crippen LogP contribution in [0.2, 0.25) is 0 Å². The monoisotopic (exact) mass is 756 g/mol. The fraction of sp³-hybridized carbons (Fsp3) is 0.0667. The first-order valence-electron chi connectivity index (χ1n) is 21.5. The molecule has 276 valence electrons. The van der Waals surface area contributed by atoms with E-state index in [4.69, 9.17) is 0 Å². The maximum atomic E-state index is 2.60. The molecule has 0 spiro atoms. The highest BCUT2D eigenvalue weighted by atomic mass is 14.5. The van der Waals surface area contributed by atoms with Gasteiger partial charge in [0.25, 0.3) is 0 Å². The second-order valence-corrected chi connectivity index (χ2v) is 18.0. The summed E-state index contributed by atoms with van der Waals surface area (Å²) in [6, 6.07) is 75.8. The summed E-state index contributed by atoms with van der Waals surface area (Å²) in [5.74, 6) is 0.528. The van der Waals surface area contributed by atoms with Crippen LogP contribution < -0.4 is 0 Å². The molecule has 60 heavy (non-hydrogen) atoms. The van der Waals surface area contributed by atoms with Crippen LogP contribution in [-0.4, -0.2) is 0 Å². The first-order valence-corrected chi connectivity index (χ1v) is 21.5. The van der Waals surface area contributed by atoms with Crippen molar-refractivity contribution < 1.29 is 0 Å². The Balaban J connectivity index is 1.11. The maximum absolute atomic E-state index is 2.60. The molecule has 6 aliphatic carbocycles.